The summed E-state index contributed by atoms with van der Waals surface area (Å²) in [4.78, 5) is 10.9. The number of hydrogen-bond acceptors (Lipinski definition) is 3. The van der Waals surface area contributed by atoms with E-state index in [9.17, 15) is 4.79 Å². The SMILES string of the molecule is COCc1cccc(CNC2CCC(C(=O)O)CC2)c1. The Hall–Kier alpha value is -1.39. The minimum Gasteiger partial charge on any atom is -0.481 e. The van der Waals surface area contributed by atoms with Crippen LogP contribution in [0.5, 0.6) is 0 Å². The molecule has 0 radical (unpaired) electrons. The number of rotatable bonds is 6. The molecule has 0 amide bonds. The molecule has 1 aromatic rings. The normalized spacial score (nSPS) is 22.6. The summed E-state index contributed by atoms with van der Waals surface area (Å²) in [6.07, 6.45) is 3.48. The smallest absolute Gasteiger partial charge is 0.306 e. The second kappa shape index (κ2) is 7.41. The van der Waals surface area contributed by atoms with Crippen LogP contribution in [0.3, 0.4) is 0 Å². The minimum absolute atomic E-state index is 0.141. The molecular formula is C16H23NO3. The molecule has 1 aliphatic rings. The van der Waals surface area contributed by atoms with Crippen molar-refractivity contribution in [2.45, 2.75) is 44.9 Å². The zero-order valence-electron chi connectivity index (χ0n) is 12.0. The first-order valence-electron chi connectivity index (χ1n) is 7.22. The molecule has 0 saturated heterocycles. The van der Waals surface area contributed by atoms with Crippen LogP contribution in [0.25, 0.3) is 0 Å². The molecule has 1 aromatic carbocycles. The van der Waals surface area contributed by atoms with Crippen LogP contribution < -0.4 is 5.32 Å². The second-order valence-electron chi connectivity index (χ2n) is 5.52. The summed E-state index contributed by atoms with van der Waals surface area (Å²) in [5.74, 6) is -0.784. The van der Waals surface area contributed by atoms with E-state index in [0.29, 0.717) is 12.6 Å². The van der Waals surface area contributed by atoms with Gasteiger partial charge in [-0.15, -0.1) is 0 Å². The fourth-order valence-corrected chi connectivity index (χ4v) is 2.80. The van der Waals surface area contributed by atoms with Crippen LogP contribution >= 0.6 is 0 Å². The standard InChI is InChI=1S/C16H23NO3/c1-20-11-13-4-2-3-12(9-13)10-17-15-7-5-14(6-8-15)16(18)19/h2-4,9,14-15,17H,5-8,10-11H2,1H3,(H,18,19). The highest BCUT2D eigenvalue weighted by Crippen LogP contribution is 2.24. The molecule has 1 fully saturated rings. The maximum absolute atomic E-state index is 10.9. The third-order valence-corrected chi connectivity index (χ3v) is 3.97. The van der Waals surface area contributed by atoms with Crippen LogP contribution in [0.2, 0.25) is 0 Å². The molecule has 0 unspecified atom stereocenters. The van der Waals surface area contributed by atoms with Gasteiger partial charge in [-0.25, -0.2) is 0 Å². The van der Waals surface area contributed by atoms with E-state index >= 15 is 0 Å². The first kappa shape index (κ1) is 15.0. The third-order valence-electron chi connectivity index (χ3n) is 3.97. The van der Waals surface area contributed by atoms with Gasteiger partial charge >= 0.3 is 5.97 Å². The molecule has 110 valence electrons. The Labute approximate surface area is 120 Å². The van der Waals surface area contributed by atoms with Crippen molar-refractivity contribution in [2.75, 3.05) is 7.11 Å². The molecule has 0 heterocycles. The second-order valence-corrected chi connectivity index (χ2v) is 5.52. The maximum atomic E-state index is 10.9. The van der Waals surface area contributed by atoms with Crippen molar-refractivity contribution in [3.8, 4) is 0 Å². The average Bonchev–Trinajstić information content (AvgIpc) is 2.46. The number of methoxy groups -OCH3 is 1. The van der Waals surface area contributed by atoms with Crippen LogP contribution in [0.4, 0.5) is 0 Å². The van der Waals surface area contributed by atoms with Gasteiger partial charge in [-0.2, -0.15) is 0 Å². The molecule has 0 aliphatic heterocycles. The lowest BCUT2D eigenvalue weighted by atomic mass is 9.86. The third kappa shape index (κ3) is 4.32. The molecule has 0 aromatic heterocycles. The number of nitrogens with one attached hydrogen (secondary N) is 1. The van der Waals surface area contributed by atoms with Gasteiger partial charge in [0, 0.05) is 19.7 Å². The average molecular weight is 277 g/mol. The Balaban J connectivity index is 1.78. The molecule has 20 heavy (non-hydrogen) atoms. The van der Waals surface area contributed by atoms with Crippen molar-refractivity contribution < 1.29 is 14.6 Å². The molecule has 0 spiro atoms. The Bertz CT molecular complexity index is 439. The van der Waals surface area contributed by atoms with E-state index in [1.807, 2.05) is 6.07 Å². The van der Waals surface area contributed by atoms with Gasteiger partial charge in [0.1, 0.15) is 0 Å². The molecule has 0 atom stereocenters. The van der Waals surface area contributed by atoms with Crippen molar-refractivity contribution in [2.24, 2.45) is 5.92 Å². The van der Waals surface area contributed by atoms with Crippen LogP contribution in [-0.2, 0) is 22.7 Å². The largest absolute Gasteiger partial charge is 0.481 e. The summed E-state index contributed by atoms with van der Waals surface area (Å²) in [6.45, 7) is 1.47. The quantitative estimate of drug-likeness (QED) is 0.839. The van der Waals surface area contributed by atoms with E-state index in [-0.39, 0.29) is 5.92 Å². The van der Waals surface area contributed by atoms with Gasteiger partial charge in [0.05, 0.1) is 12.5 Å². The highest BCUT2D eigenvalue weighted by atomic mass is 16.5. The van der Waals surface area contributed by atoms with Gasteiger partial charge in [0.15, 0.2) is 0 Å². The molecule has 1 saturated carbocycles. The maximum Gasteiger partial charge on any atom is 0.306 e. The summed E-state index contributed by atoms with van der Waals surface area (Å²) in [5, 5.41) is 12.5. The van der Waals surface area contributed by atoms with Crippen LogP contribution in [-0.4, -0.2) is 24.2 Å². The molecule has 2 N–H and O–H groups in total. The van der Waals surface area contributed by atoms with Crippen molar-refractivity contribution in [3.05, 3.63) is 35.4 Å². The number of carboxylic acid groups (broad SMARTS) is 1. The molecule has 4 nitrogen and oxygen atoms in total. The summed E-state index contributed by atoms with van der Waals surface area (Å²) >= 11 is 0. The summed E-state index contributed by atoms with van der Waals surface area (Å²) in [6, 6.07) is 8.81. The van der Waals surface area contributed by atoms with Crippen LogP contribution in [0.15, 0.2) is 24.3 Å². The fraction of sp³-hybridized carbons (Fsp3) is 0.562. The highest BCUT2D eigenvalue weighted by Gasteiger charge is 2.25. The zero-order valence-corrected chi connectivity index (χ0v) is 12.0. The zero-order chi connectivity index (χ0) is 14.4. The van der Waals surface area contributed by atoms with Gasteiger partial charge < -0.3 is 15.2 Å². The number of hydrogen-bond donors (Lipinski definition) is 2. The predicted octanol–water partition coefficient (Wildman–Crippen LogP) is 2.57. The Kier molecular flexibility index (Phi) is 5.56. The predicted molar refractivity (Wildman–Crippen MR) is 77.4 cm³/mol. The number of aliphatic carboxylic acids is 1. The summed E-state index contributed by atoms with van der Waals surface area (Å²) in [7, 11) is 1.70. The number of ether oxygens (including phenoxy) is 1. The Morgan fingerprint density at radius 2 is 2.00 bits per heavy atom. The van der Waals surface area contributed by atoms with Crippen LogP contribution in [0, 0.1) is 5.92 Å². The molecule has 1 aliphatic carbocycles. The summed E-state index contributed by atoms with van der Waals surface area (Å²) < 4.78 is 5.14. The Morgan fingerprint density at radius 1 is 1.30 bits per heavy atom. The van der Waals surface area contributed by atoms with Crippen molar-refractivity contribution in [1.82, 2.24) is 5.32 Å². The summed E-state index contributed by atoms with van der Waals surface area (Å²) in [5.41, 5.74) is 2.43. The Morgan fingerprint density at radius 3 is 2.65 bits per heavy atom. The lowest BCUT2D eigenvalue weighted by Crippen LogP contribution is -2.34. The van der Waals surface area contributed by atoms with Crippen molar-refractivity contribution in [1.29, 1.82) is 0 Å². The van der Waals surface area contributed by atoms with Gasteiger partial charge in [0.2, 0.25) is 0 Å². The van der Waals surface area contributed by atoms with E-state index in [1.165, 1.54) is 11.1 Å². The molecule has 4 heteroatoms. The van der Waals surface area contributed by atoms with Gasteiger partial charge in [-0.1, -0.05) is 24.3 Å². The van der Waals surface area contributed by atoms with E-state index in [1.54, 1.807) is 7.11 Å². The fourth-order valence-electron chi connectivity index (χ4n) is 2.80. The van der Waals surface area contributed by atoms with Crippen molar-refractivity contribution >= 4 is 5.97 Å². The van der Waals surface area contributed by atoms with E-state index in [4.69, 9.17) is 9.84 Å². The number of benzene rings is 1. The highest BCUT2D eigenvalue weighted by molar-refractivity contribution is 5.70. The first-order chi connectivity index (χ1) is 9.69. The lowest BCUT2D eigenvalue weighted by Gasteiger charge is -2.27. The van der Waals surface area contributed by atoms with E-state index in [0.717, 1.165) is 32.2 Å². The minimum atomic E-state index is -0.643. The molecule has 0 bridgehead atoms. The van der Waals surface area contributed by atoms with E-state index < -0.39 is 5.97 Å². The monoisotopic (exact) mass is 277 g/mol. The van der Waals surface area contributed by atoms with Gasteiger partial charge in [-0.05, 0) is 36.8 Å². The van der Waals surface area contributed by atoms with Crippen molar-refractivity contribution in [3.63, 3.8) is 0 Å². The topological polar surface area (TPSA) is 58.6 Å². The van der Waals surface area contributed by atoms with E-state index in [2.05, 4.69) is 23.5 Å². The first-order valence-corrected chi connectivity index (χ1v) is 7.22. The van der Waals surface area contributed by atoms with Gasteiger partial charge in [0.25, 0.3) is 0 Å². The molecular weight excluding hydrogens is 254 g/mol. The van der Waals surface area contributed by atoms with Gasteiger partial charge in [-0.3, -0.25) is 4.79 Å². The number of carboxylic acids is 1. The van der Waals surface area contributed by atoms with Crippen LogP contribution in [0.1, 0.15) is 36.8 Å². The lowest BCUT2D eigenvalue weighted by molar-refractivity contribution is -0.142. The number of carbonyl (C=O) groups is 1. The molecule has 2 rings (SSSR count).